The lowest BCUT2D eigenvalue weighted by Gasteiger charge is -2.31. The Kier molecular flexibility index (Phi) is 26.8. The summed E-state index contributed by atoms with van der Waals surface area (Å²) in [6, 6.07) is 0. The van der Waals surface area contributed by atoms with E-state index in [0.29, 0.717) is 49.2 Å². The molecule has 0 fully saturated rings. The van der Waals surface area contributed by atoms with Gasteiger partial charge in [0.05, 0.1) is 19.1 Å². The van der Waals surface area contributed by atoms with Gasteiger partial charge in [-0.25, -0.2) is 0 Å². The Morgan fingerprint density at radius 1 is 0.452 bits per heavy atom. The smallest absolute Gasteiger partial charge is 0.309 e. The van der Waals surface area contributed by atoms with Crippen LogP contribution < -0.4 is 0 Å². The number of carbonyl (C=O) groups excluding carboxylic acids is 2. The van der Waals surface area contributed by atoms with Crippen LogP contribution in [0.3, 0.4) is 0 Å². The maximum atomic E-state index is 13.0. The Balaban J connectivity index is 3.77. The molecular formula is C38H74O4. The molecule has 0 saturated heterocycles. The molecule has 0 heterocycles. The highest BCUT2D eigenvalue weighted by Gasteiger charge is 2.33. The average Bonchev–Trinajstić information content (AvgIpc) is 2.91. The molecule has 0 spiro atoms. The molecule has 42 heavy (non-hydrogen) atoms. The van der Waals surface area contributed by atoms with Crippen LogP contribution in [0.25, 0.3) is 0 Å². The minimum atomic E-state index is -0.0110. The van der Waals surface area contributed by atoms with Crippen LogP contribution in [0, 0.1) is 35.5 Å². The minimum absolute atomic E-state index is 0.0110. The second kappa shape index (κ2) is 27.5. The largest absolute Gasteiger partial charge is 0.466 e. The molecule has 0 rings (SSSR count). The maximum Gasteiger partial charge on any atom is 0.309 e. The van der Waals surface area contributed by atoms with E-state index in [0.717, 1.165) is 44.9 Å². The fourth-order valence-electron chi connectivity index (χ4n) is 6.15. The van der Waals surface area contributed by atoms with Crippen LogP contribution in [0.4, 0.5) is 0 Å². The minimum Gasteiger partial charge on any atom is -0.466 e. The van der Waals surface area contributed by atoms with Gasteiger partial charge in [-0.3, -0.25) is 9.59 Å². The Labute approximate surface area is 263 Å². The Morgan fingerprint density at radius 2 is 0.857 bits per heavy atom. The molecule has 0 amide bonds. The zero-order valence-corrected chi connectivity index (χ0v) is 29.7. The zero-order valence-electron chi connectivity index (χ0n) is 29.7. The van der Waals surface area contributed by atoms with Crippen molar-refractivity contribution in [1.82, 2.24) is 0 Å². The Bertz CT molecular complexity index is 625. The van der Waals surface area contributed by atoms with Crippen molar-refractivity contribution >= 4 is 11.9 Å². The first kappa shape index (κ1) is 40.9. The monoisotopic (exact) mass is 595 g/mol. The Morgan fingerprint density at radius 3 is 1.26 bits per heavy atom. The summed E-state index contributed by atoms with van der Waals surface area (Å²) in [4.78, 5) is 24.7. The van der Waals surface area contributed by atoms with Gasteiger partial charge < -0.3 is 9.47 Å². The summed E-state index contributed by atoms with van der Waals surface area (Å²) in [5.41, 5.74) is 0. The molecule has 2 atom stereocenters. The van der Waals surface area contributed by atoms with Crippen LogP contribution in [0.2, 0.25) is 0 Å². The van der Waals surface area contributed by atoms with E-state index in [1.807, 2.05) is 0 Å². The van der Waals surface area contributed by atoms with Gasteiger partial charge in [0.25, 0.3) is 0 Å². The van der Waals surface area contributed by atoms with Gasteiger partial charge in [0.15, 0.2) is 0 Å². The second-order valence-corrected chi connectivity index (χ2v) is 14.6. The highest BCUT2D eigenvalue weighted by Crippen LogP contribution is 2.33. The molecule has 2 unspecified atom stereocenters. The third-order valence-corrected chi connectivity index (χ3v) is 8.84. The number of carbonyl (C=O) groups is 2. The van der Waals surface area contributed by atoms with Crippen LogP contribution in [0.1, 0.15) is 184 Å². The van der Waals surface area contributed by atoms with E-state index in [1.165, 1.54) is 77.0 Å². The van der Waals surface area contributed by atoms with Gasteiger partial charge in [0.2, 0.25) is 0 Å². The molecule has 0 N–H and O–H groups in total. The quantitative estimate of drug-likeness (QED) is 0.0638. The van der Waals surface area contributed by atoms with E-state index in [4.69, 9.17) is 9.47 Å². The highest BCUT2D eigenvalue weighted by atomic mass is 16.5. The highest BCUT2D eigenvalue weighted by molar-refractivity contribution is 5.73. The van der Waals surface area contributed by atoms with Gasteiger partial charge in [0, 0.05) is 6.42 Å². The van der Waals surface area contributed by atoms with E-state index in [-0.39, 0.29) is 17.9 Å². The molecule has 0 aliphatic heterocycles. The number of rotatable bonds is 29. The summed E-state index contributed by atoms with van der Waals surface area (Å²) < 4.78 is 11.1. The van der Waals surface area contributed by atoms with E-state index in [9.17, 15) is 9.59 Å². The third kappa shape index (κ3) is 24.4. The molecule has 4 nitrogen and oxygen atoms in total. The van der Waals surface area contributed by atoms with E-state index in [1.54, 1.807) is 0 Å². The van der Waals surface area contributed by atoms with Gasteiger partial charge in [-0.05, 0) is 68.1 Å². The molecule has 250 valence electrons. The van der Waals surface area contributed by atoms with Crippen molar-refractivity contribution in [3.63, 3.8) is 0 Å². The van der Waals surface area contributed by atoms with Gasteiger partial charge in [-0.1, -0.05) is 139 Å². The van der Waals surface area contributed by atoms with Crippen LogP contribution in [-0.2, 0) is 19.1 Å². The summed E-state index contributed by atoms with van der Waals surface area (Å²) in [7, 11) is 0. The van der Waals surface area contributed by atoms with Gasteiger partial charge in [-0.2, -0.15) is 0 Å². The summed E-state index contributed by atoms with van der Waals surface area (Å²) in [6.07, 6.45) is 23.9. The molecule has 0 aromatic carbocycles. The average molecular weight is 595 g/mol. The van der Waals surface area contributed by atoms with Gasteiger partial charge >= 0.3 is 11.9 Å². The van der Waals surface area contributed by atoms with Crippen LogP contribution >= 0.6 is 0 Å². The lowest BCUT2D eigenvalue weighted by molar-refractivity contribution is -0.153. The van der Waals surface area contributed by atoms with Crippen molar-refractivity contribution in [3.8, 4) is 0 Å². The number of hydrogen-bond acceptors (Lipinski definition) is 4. The van der Waals surface area contributed by atoms with Crippen molar-refractivity contribution in [2.45, 2.75) is 184 Å². The van der Waals surface area contributed by atoms with Crippen molar-refractivity contribution in [2.24, 2.45) is 35.5 Å². The summed E-state index contributed by atoms with van der Waals surface area (Å²) >= 11 is 0. The molecule has 0 aliphatic carbocycles. The fourth-order valence-corrected chi connectivity index (χ4v) is 6.15. The number of unbranched alkanes of at least 4 members (excludes halogenated alkanes) is 13. The first-order chi connectivity index (χ1) is 20.1. The van der Waals surface area contributed by atoms with Crippen molar-refractivity contribution < 1.29 is 19.1 Å². The molecule has 4 heteroatoms. The number of ether oxygens (including phenoxy) is 2. The van der Waals surface area contributed by atoms with Crippen LogP contribution in [0.5, 0.6) is 0 Å². The lowest BCUT2D eigenvalue weighted by atomic mass is 9.74. The summed E-state index contributed by atoms with van der Waals surface area (Å²) in [5.74, 6) is 2.65. The predicted molar refractivity (Wildman–Crippen MR) is 181 cm³/mol. The lowest BCUT2D eigenvalue weighted by Crippen LogP contribution is -2.33. The topological polar surface area (TPSA) is 52.6 Å². The van der Waals surface area contributed by atoms with Crippen molar-refractivity contribution in [3.05, 3.63) is 0 Å². The normalized spacial score (nSPS) is 13.3. The number of hydrogen-bond donors (Lipinski definition) is 0. The molecule has 0 radical (unpaired) electrons. The predicted octanol–water partition coefficient (Wildman–Crippen LogP) is 11.7. The van der Waals surface area contributed by atoms with Gasteiger partial charge in [-0.15, -0.1) is 0 Å². The zero-order chi connectivity index (χ0) is 31.6. The first-order valence-corrected chi connectivity index (χ1v) is 18.4. The first-order valence-electron chi connectivity index (χ1n) is 18.4. The number of esters is 2. The van der Waals surface area contributed by atoms with Gasteiger partial charge in [0.1, 0.15) is 0 Å². The van der Waals surface area contributed by atoms with Crippen molar-refractivity contribution in [2.75, 3.05) is 13.2 Å². The van der Waals surface area contributed by atoms with Crippen molar-refractivity contribution in [1.29, 1.82) is 0 Å². The molecular weight excluding hydrogens is 520 g/mol. The Hall–Kier alpha value is -1.06. The molecule has 0 aromatic heterocycles. The van der Waals surface area contributed by atoms with Crippen LogP contribution in [-0.4, -0.2) is 25.2 Å². The third-order valence-electron chi connectivity index (χ3n) is 8.84. The SMILES string of the molecule is CC(C)CCCOC(=O)CCCCCCCCCCCCCCCCC(C(C)C)C(C(=O)OCCCC(C)C)C(C)C. The van der Waals surface area contributed by atoms with E-state index >= 15 is 0 Å². The van der Waals surface area contributed by atoms with E-state index in [2.05, 4.69) is 55.4 Å². The van der Waals surface area contributed by atoms with Crippen LogP contribution in [0.15, 0.2) is 0 Å². The molecule has 0 aromatic rings. The molecule has 0 aliphatic rings. The standard InChI is InChI=1S/C38H74O4/c1-31(2)25-23-29-41-36(39)28-22-20-18-16-14-12-10-9-11-13-15-17-19-21-27-35(33(5)6)37(34(7)8)38(40)42-30-24-26-32(3)4/h31-35,37H,9-30H2,1-8H3. The van der Waals surface area contributed by atoms with E-state index < -0.39 is 0 Å². The fraction of sp³-hybridized carbons (Fsp3) is 0.947. The summed E-state index contributed by atoms with van der Waals surface area (Å²) in [6.45, 7) is 18.9. The summed E-state index contributed by atoms with van der Waals surface area (Å²) in [5, 5.41) is 0. The maximum absolute atomic E-state index is 13.0. The molecule has 0 saturated carbocycles. The second-order valence-electron chi connectivity index (χ2n) is 14.6. The molecule has 0 bridgehead atoms.